The van der Waals surface area contributed by atoms with Crippen LogP contribution in [0.3, 0.4) is 0 Å². The van der Waals surface area contributed by atoms with Gasteiger partial charge in [-0.1, -0.05) is 57.8 Å². The van der Waals surface area contributed by atoms with Gasteiger partial charge in [-0.25, -0.2) is 0 Å². The first kappa shape index (κ1) is 26.3. The fourth-order valence-electron chi connectivity index (χ4n) is 3.72. The van der Waals surface area contributed by atoms with Gasteiger partial charge in [-0.05, 0) is 26.7 Å². The van der Waals surface area contributed by atoms with Crippen molar-refractivity contribution >= 4 is 5.97 Å². The van der Waals surface area contributed by atoms with Crippen molar-refractivity contribution in [3.05, 3.63) is 0 Å². The van der Waals surface area contributed by atoms with Gasteiger partial charge in [0.05, 0.1) is 30.8 Å². The minimum Gasteiger partial charge on any atom is -0.481 e. The zero-order chi connectivity index (χ0) is 21.6. The van der Waals surface area contributed by atoms with Crippen molar-refractivity contribution in [1.82, 2.24) is 0 Å². The van der Waals surface area contributed by atoms with Gasteiger partial charge in [0.15, 0.2) is 6.29 Å². The third-order valence-electron chi connectivity index (χ3n) is 5.61. The SMILES string of the molecule is CC(CCCCCCCCCCCC(O)CC(=O)O)OC1OC(C)C(O)CC1O. The van der Waals surface area contributed by atoms with Crippen LogP contribution in [0.5, 0.6) is 0 Å². The Labute approximate surface area is 175 Å². The number of carbonyl (C=O) groups is 1. The van der Waals surface area contributed by atoms with E-state index in [-0.39, 0.29) is 18.6 Å². The monoisotopic (exact) mass is 418 g/mol. The molecular weight excluding hydrogens is 376 g/mol. The molecule has 0 bridgehead atoms. The number of rotatable bonds is 16. The summed E-state index contributed by atoms with van der Waals surface area (Å²) in [6.07, 6.45) is 8.76. The van der Waals surface area contributed by atoms with Crippen LogP contribution in [-0.2, 0) is 14.3 Å². The van der Waals surface area contributed by atoms with E-state index < -0.39 is 30.6 Å². The van der Waals surface area contributed by atoms with Crippen LogP contribution in [0.4, 0.5) is 0 Å². The van der Waals surface area contributed by atoms with Crippen LogP contribution in [0.1, 0.15) is 97.3 Å². The molecule has 29 heavy (non-hydrogen) atoms. The average Bonchev–Trinajstić information content (AvgIpc) is 2.63. The van der Waals surface area contributed by atoms with Gasteiger partial charge in [-0.3, -0.25) is 4.79 Å². The maximum atomic E-state index is 10.5. The summed E-state index contributed by atoms with van der Waals surface area (Å²) in [4.78, 5) is 10.5. The lowest BCUT2D eigenvalue weighted by Gasteiger charge is -2.36. The Morgan fingerprint density at radius 1 is 0.966 bits per heavy atom. The Kier molecular flexibility index (Phi) is 13.7. The first-order valence-electron chi connectivity index (χ1n) is 11.4. The Morgan fingerprint density at radius 3 is 2.03 bits per heavy atom. The molecule has 0 saturated carbocycles. The van der Waals surface area contributed by atoms with Crippen LogP contribution < -0.4 is 0 Å². The second-order valence-electron chi connectivity index (χ2n) is 8.54. The molecule has 4 N–H and O–H groups in total. The lowest BCUT2D eigenvalue weighted by Crippen LogP contribution is -2.48. The summed E-state index contributed by atoms with van der Waals surface area (Å²) in [6.45, 7) is 3.79. The molecule has 7 heteroatoms. The lowest BCUT2D eigenvalue weighted by molar-refractivity contribution is -0.273. The molecule has 0 radical (unpaired) electrons. The number of unbranched alkanes of at least 4 members (excludes halogenated alkanes) is 8. The van der Waals surface area contributed by atoms with E-state index in [1.807, 2.05) is 6.92 Å². The van der Waals surface area contributed by atoms with Gasteiger partial charge in [0.1, 0.15) is 6.10 Å². The van der Waals surface area contributed by atoms with Crippen LogP contribution >= 0.6 is 0 Å². The Balaban J connectivity index is 1.91. The summed E-state index contributed by atoms with van der Waals surface area (Å²) in [5.41, 5.74) is 0. The van der Waals surface area contributed by atoms with E-state index in [2.05, 4.69) is 0 Å². The number of carboxylic acids is 1. The Hall–Kier alpha value is -0.730. The van der Waals surface area contributed by atoms with Gasteiger partial charge in [0, 0.05) is 6.42 Å². The molecule has 1 aliphatic heterocycles. The highest BCUT2D eigenvalue weighted by atomic mass is 16.7. The van der Waals surface area contributed by atoms with Gasteiger partial charge >= 0.3 is 5.97 Å². The summed E-state index contributed by atoms with van der Waals surface area (Å²) in [5.74, 6) is -0.937. The van der Waals surface area contributed by atoms with Crippen molar-refractivity contribution < 1.29 is 34.7 Å². The van der Waals surface area contributed by atoms with Crippen molar-refractivity contribution in [2.24, 2.45) is 0 Å². The maximum Gasteiger partial charge on any atom is 0.305 e. The van der Waals surface area contributed by atoms with Crippen molar-refractivity contribution in [1.29, 1.82) is 0 Å². The summed E-state index contributed by atoms with van der Waals surface area (Å²) in [7, 11) is 0. The van der Waals surface area contributed by atoms with Crippen molar-refractivity contribution in [3.8, 4) is 0 Å². The predicted molar refractivity (Wildman–Crippen MR) is 111 cm³/mol. The Bertz CT molecular complexity index is 431. The molecular formula is C22H42O7. The van der Waals surface area contributed by atoms with Crippen LogP contribution in [0.15, 0.2) is 0 Å². The van der Waals surface area contributed by atoms with Crippen molar-refractivity contribution in [3.63, 3.8) is 0 Å². The highest BCUT2D eigenvalue weighted by molar-refractivity contribution is 5.67. The zero-order valence-electron chi connectivity index (χ0n) is 18.2. The number of ether oxygens (including phenoxy) is 2. The number of aliphatic hydroxyl groups is 3. The second-order valence-corrected chi connectivity index (χ2v) is 8.54. The summed E-state index contributed by atoms with van der Waals surface area (Å²) in [5, 5.41) is 37.7. The molecule has 0 amide bonds. The third kappa shape index (κ3) is 12.5. The standard InChI is InChI=1S/C22H42O7/c1-16(28-22-20(25)15-19(24)17(2)29-22)12-10-8-6-4-3-5-7-9-11-13-18(23)14-21(26)27/h16-20,22-25H,3-15H2,1-2H3,(H,26,27). The normalized spacial score (nSPS) is 26.9. The first-order valence-corrected chi connectivity index (χ1v) is 11.4. The number of aliphatic hydroxyl groups excluding tert-OH is 3. The van der Waals surface area contributed by atoms with Crippen molar-refractivity contribution in [2.45, 2.75) is 134 Å². The van der Waals surface area contributed by atoms with E-state index in [0.717, 1.165) is 38.5 Å². The fraction of sp³-hybridized carbons (Fsp3) is 0.955. The van der Waals surface area contributed by atoms with E-state index in [9.17, 15) is 20.1 Å². The van der Waals surface area contributed by atoms with Gasteiger partial charge in [-0.15, -0.1) is 0 Å². The van der Waals surface area contributed by atoms with Crippen LogP contribution in [0.25, 0.3) is 0 Å². The van der Waals surface area contributed by atoms with Gasteiger partial charge < -0.3 is 29.9 Å². The highest BCUT2D eigenvalue weighted by Crippen LogP contribution is 2.23. The molecule has 6 atom stereocenters. The number of carboxylic acid groups (broad SMARTS) is 1. The molecule has 0 aliphatic carbocycles. The molecule has 1 heterocycles. The first-order chi connectivity index (χ1) is 13.8. The second kappa shape index (κ2) is 15.1. The summed E-state index contributed by atoms with van der Waals surface area (Å²) in [6, 6.07) is 0. The summed E-state index contributed by atoms with van der Waals surface area (Å²) < 4.78 is 11.4. The fourth-order valence-corrected chi connectivity index (χ4v) is 3.72. The minimum absolute atomic E-state index is 0.0218. The molecule has 6 unspecified atom stereocenters. The van der Waals surface area contributed by atoms with Gasteiger partial charge in [0.2, 0.25) is 0 Å². The van der Waals surface area contributed by atoms with E-state index in [0.29, 0.717) is 12.8 Å². The van der Waals surface area contributed by atoms with Crippen molar-refractivity contribution in [2.75, 3.05) is 0 Å². The molecule has 7 nitrogen and oxygen atoms in total. The van der Waals surface area contributed by atoms with Gasteiger partial charge in [0.25, 0.3) is 0 Å². The van der Waals surface area contributed by atoms with E-state index in [1.54, 1.807) is 6.92 Å². The predicted octanol–water partition coefficient (Wildman–Crippen LogP) is 3.37. The van der Waals surface area contributed by atoms with Crippen LogP contribution in [-0.4, -0.2) is 63.2 Å². The third-order valence-corrected chi connectivity index (χ3v) is 5.61. The van der Waals surface area contributed by atoms with E-state index in [4.69, 9.17) is 14.6 Å². The molecule has 0 aromatic carbocycles. The molecule has 1 rings (SSSR count). The molecule has 1 aliphatic rings. The molecule has 0 spiro atoms. The largest absolute Gasteiger partial charge is 0.481 e. The van der Waals surface area contributed by atoms with Gasteiger partial charge in [-0.2, -0.15) is 0 Å². The highest BCUT2D eigenvalue weighted by Gasteiger charge is 2.35. The Morgan fingerprint density at radius 2 is 1.48 bits per heavy atom. The quantitative estimate of drug-likeness (QED) is 0.284. The smallest absolute Gasteiger partial charge is 0.305 e. The van der Waals surface area contributed by atoms with Crippen LogP contribution in [0, 0.1) is 0 Å². The molecule has 0 aromatic heterocycles. The number of hydrogen-bond acceptors (Lipinski definition) is 6. The molecule has 1 saturated heterocycles. The van der Waals surface area contributed by atoms with E-state index >= 15 is 0 Å². The minimum atomic E-state index is -0.937. The number of hydrogen-bond donors (Lipinski definition) is 4. The van der Waals surface area contributed by atoms with E-state index in [1.165, 1.54) is 25.7 Å². The summed E-state index contributed by atoms with van der Waals surface area (Å²) >= 11 is 0. The molecule has 1 fully saturated rings. The molecule has 0 aromatic rings. The lowest BCUT2D eigenvalue weighted by atomic mass is 10.0. The number of aliphatic carboxylic acids is 1. The maximum absolute atomic E-state index is 10.5. The zero-order valence-corrected chi connectivity index (χ0v) is 18.2. The molecule has 172 valence electrons. The topological polar surface area (TPSA) is 116 Å². The average molecular weight is 419 g/mol. The van der Waals surface area contributed by atoms with Crippen LogP contribution in [0.2, 0.25) is 0 Å².